The lowest BCUT2D eigenvalue weighted by molar-refractivity contribution is -0.0495. The Balaban J connectivity index is 0.000000152. The zero-order valence-corrected chi connectivity index (χ0v) is 79.7. The third-order valence-electron chi connectivity index (χ3n) is 23.1. The Morgan fingerprint density at radius 2 is 0.716 bits per heavy atom. The number of likely N-dealkylation sites (tertiary alicyclic amines) is 1. The van der Waals surface area contributed by atoms with Gasteiger partial charge in [-0.15, -0.1) is 0 Å². The number of ether oxygens (including phenoxy) is 4. The monoisotopic (exact) mass is 1920 g/mol. The number of aliphatic hydroxyl groups is 1. The number of para-hydroxylation sites is 1. The molecule has 12 N–H and O–H groups in total. The van der Waals surface area contributed by atoms with Crippen LogP contribution in [0.15, 0.2) is 104 Å². The van der Waals surface area contributed by atoms with Crippen LogP contribution in [0.5, 0.6) is 23.0 Å². The minimum absolute atomic E-state index is 0.0214. The highest BCUT2D eigenvalue weighted by Crippen LogP contribution is 2.47. The van der Waals surface area contributed by atoms with Crippen LogP contribution in [0.4, 0.5) is 55.3 Å². The molecule has 0 bridgehead atoms. The van der Waals surface area contributed by atoms with Gasteiger partial charge in [-0.25, -0.2) is 66.2 Å². The first-order valence-corrected chi connectivity index (χ1v) is 45.3. The van der Waals surface area contributed by atoms with E-state index < -0.39 is 95.6 Å². The number of imidazole rings is 4. The van der Waals surface area contributed by atoms with Gasteiger partial charge in [-0.3, -0.25) is 36.8 Å². The molecule has 8 aromatic heterocycles. The van der Waals surface area contributed by atoms with E-state index in [1.807, 2.05) is 81.6 Å². The fourth-order valence-electron chi connectivity index (χ4n) is 16.6. The van der Waals surface area contributed by atoms with Gasteiger partial charge >= 0.3 is 0 Å². The van der Waals surface area contributed by atoms with E-state index in [2.05, 4.69) is 50.8 Å². The van der Waals surface area contributed by atoms with E-state index in [1.165, 1.54) is 29.2 Å². The first-order valence-electron chi connectivity index (χ1n) is 43.8. The number of nitrogens with two attached hydrogens (primary N) is 4. The second-order valence-electron chi connectivity index (χ2n) is 34.6. The summed E-state index contributed by atoms with van der Waals surface area (Å²) >= 11 is 25.1. The molecule has 3 aliphatic rings. The van der Waals surface area contributed by atoms with E-state index in [4.69, 9.17) is 93.3 Å². The molecule has 39 heteroatoms. The lowest BCUT2D eigenvalue weighted by Crippen LogP contribution is -2.43. The maximum atomic E-state index is 15.4. The third kappa shape index (κ3) is 20.9. The quantitative estimate of drug-likeness (QED) is 0.0276. The summed E-state index contributed by atoms with van der Waals surface area (Å²) in [4.78, 5) is 89.2. The van der Waals surface area contributed by atoms with Crippen LogP contribution < -0.4 is 57.8 Å². The zero-order chi connectivity index (χ0) is 97.4. The van der Waals surface area contributed by atoms with E-state index in [0.29, 0.717) is 133 Å². The summed E-state index contributed by atoms with van der Waals surface area (Å²) < 4.78 is 120. The van der Waals surface area contributed by atoms with Crippen LogP contribution in [0, 0.1) is 51.0 Å². The number of aliphatic hydroxyl groups excluding tert-OH is 1. The number of fused-ring (bicyclic) bond motifs is 4. The van der Waals surface area contributed by atoms with Crippen molar-refractivity contribution in [1.82, 2.24) is 73.0 Å². The molecule has 1 saturated heterocycles. The summed E-state index contributed by atoms with van der Waals surface area (Å²) in [5, 5.41) is 17.4. The van der Waals surface area contributed by atoms with Gasteiger partial charge in [0.25, 0.3) is 29.6 Å². The van der Waals surface area contributed by atoms with E-state index >= 15 is 17.6 Å². The Morgan fingerprint density at radius 1 is 0.433 bits per heavy atom. The standard InChI is InChI=1S/C25H25ClFN5O2.C24H27ClF3N5O2.C24H29ClFN5O3.C22H25ClFN5O2/c1-13(2)34-22-17(14(3)24-30-15(4)21-23(28)29-10-11-32(21)24)12-18(26)20(27)19(22)25(33)31-16-8-6-5-7-9-16;1-12(2)35-20-15(13(3)22-31-14(4)19-21(29)30-7-10-33(19)22)11-16(25)18(26)17(20)23(34)32-8-5-24(27,28)6-9-32;1-11(2)34-21-16(12(3)23-29-13(4)20-22(27)28-7-8-31(20)23)10-17(25)19(26)18(21)24(33)30-14-5-6-15(32)9-14;1-10(2)31-19-14(9-15(23)17(24)16(19)22(30)28-13-5-6-13)11(3)21-27-12(4)18-20(25)26-7-8-29(18)21/h5-14H,1-4H3,(H2,28,29)(H,31,33);7,10-13H,5-6,8-9H2,1-4H3,(H2,29,30);7-8,10-12,14-15,32H,5-6,9H2,1-4H3,(H2,27,28)(H,30,33);7-11,13H,5-6H2,1-4H3,(H2,25,26)(H,28,30). The Hall–Kier alpha value is -12.4. The predicted octanol–water partition coefficient (Wildman–Crippen LogP) is 19.1. The van der Waals surface area contributed by atoms with Crippen molar-refractivity contribution in [3.63, 3.8) is 0 Å². The maximum Gasteiger partial charge on any atom is 0.262 e. The fraction of sp³-hybridized carbons (Fsp3) is 0.389. The number of hydrogen-bond acceptors (Lipinski definition) is 21. The number of hydrogen-bond donors (Lipinski definition) is 8. The van der Waals surface area contributed by atoms with Gasteiger partial charge < -0.3 is 67.8 Å². The number of anilines is 5. The highest BCUT2D eigenvalue weighted by molar-refractivity contribution is 6.33. The first-order chi connectivity index (χ1) is 63.4. The Kier molecular flexibility index (Phi) is 30.1. The smallest absolute Gasteiger partial charge is 0.262 e. The van der Waals surface area contributed by atoms with Gasteiger partial charge in [-0.05, 0) is 152 Å². The third-order valence-corrected chi connectivity index (χ3v) is 24.2. The summed E-state index contributed by atoms with van der Waals surface area (Å²) in [7, 11) is 0. The van der Waals surface area contributed by atoms with Crippen molar-refractivity contribution in [2.75, 3.05) is 41.3 Å². The fourth-order valence-corrected chi connectivity index (χ4v) is 17.5. The SMILES string of the molecule is Cc1nc(C(C)c2cc(Cl)c(F)c(C(=O)N3CCC(F)(F)CC3)c2OC(C)C)n2ccnc(N)c12.Cc1nc(C(C)c2cc(Cl)c(F)c(C(=O)NC3CC3)c2OC(C)C)n2ccnc(N)c12.Cc1nc(C(C)c2cc(Cl)c(F)c(C(=O)NC3CCC(O)C3)c2OC(C)C)n2ccnc(N)c12.Cc1nc(C(C)c2cc(Cl)c(F)c(C(=O)Nc3ccccc3)c2OC(C)C)n2ccnc(N)c12. The number of amides is 4. The number of rotatable bonds is 23. The first kappa shape index (κ1) is 99.0. The van der Waals surface area contributed by atoms with Crippen molar-refractivity contribution in [3.8, 4) is 23.0 Å². The number of benzene rings is 5. The number of alkyl halides is 2. The molecule has 9 heterocycles. The molecule has 0 radical (unpaired) electrons. The highest BCUT2D eigenvalue weighted by atomic mass is 35.5. The van der Waals surface area contributed by atoms with Gasteiger partial charge in [0, 0.05) is 139 Å². The topological polar surface area (TPSA) is 390 Å². The second-order valence-corrected chi connectivity index (χ2v) is 36.2. The van der Waals surface area contributed by atoms with Crippen LogP contribution in [-0.2, 0) is 0 Å². The Bertz CT molecular complexity index is 6640. The Morgan fingerprint density at radius 3 is 1.01 bits per heavy atom. The molecule has 3 fully saturated rings. The lowest BCUT2D eigenvalue weighted by atomic mass is 9.95. The average Bonchev–Trinajstić information content (AvgIpc) is 1.56. The molecule has 6 unspecified atom stereocenters. The average molecular weight is 1930 g/mol. The number of aromatic nitrogens is 12. The number of nitrogens with one attached hydrogen (secondary N) is 3. The van der Waals surface area contributed by atoms with Crippen LogP contribution in [0.25, 0.3) is 22.1 Å². The lowest BCUT2D eigenvalue weighted by Gasteiger charge is -2.32. The van der Waals surface area contributed by atoms with Crippen molar-refractivity contribution in [3.05, 3.63) is 238 Å². The number of halogens is 10. The molecule has 16 rings (SSSR count). The molecule has 4 amide bonds. The van der Waals surface area contributed by atoms with Crippen molar-refractivity contribution >= 4 is 121 Å². The van der Waals surface area contributed by atoms with Gasteiger partial charge in [0.2, 0.25) is 0 Å². The van der Waals surface area contributed by atoms with Crippen molar-refractivity contribution in [2.45, 2.75) is 228 Å². The number of carbonyl (C=O) groups excluding carboxylic acids is 4. The van der Waals surface area contributed by atoms with Crippen molar-refractivity contribution < 1.29 is 69.6 Å². The van der Waals surface area contributed by atoms with E-state index in [-0.39, 0.29) is 115 Å². The maximum absolute atomic E-state index is 15.4. The van der Waals surface area contributed by atoms with Gasteiger partial charge in [-0.1, -0.05) is 92.3 Å². The van der Waals surface area contributed by atoms with Crippen LogP contribution >= 0.6 is 46.4 Å². The summed E-state index contributed by atoms with van der Waals surface area (Å²) in [6, 6.07) is 14.5. The summed E-state index contributed by atoms with van der Waals surface area (Å²) in [5.41, 5.74) is 31.3. The largest absolute Gasteiger partial charge is 0.490 e. The number of carbonyl (C=O) groups is 4. The number of aryl methyl sites for hydroxylation is 4. The van der Waals surface area contributed by atoms with Crippen molar-refractivity contribution in [1.29, 1.82) is 0 Å². The second kappa shape index (κ2) is 40.8. The molecule has 1 aliphatic heterocycles. The summed E-state index contributed by atoms with van der Waals surface area (Å²) in [6.07, 6.45) is 13.9. The normalized spacial score (nSPS) is 15.7. The van der Waals surface area contributed by atoms with Crippen LogP contribution in [0.1, 0.15) is 261 Å². The van der Waals surface area contributed by atoms with E-state index in [9.17, 15) is 33.1 Å². The number of nitrogen functional groups attached to an aromatic ring is 4. The van der Waals surface area contributed by atoms with Gasteiger partial charge in [0.1, 0.15) is 114 Å². The molecule has 2 saturated carbocycles. The number of nitrogens with zero attached hydrogens (tertiary/aromatic N) is 13. The van der Waals surface area contributed by atoms with Crippen molar-refractivity contribution in [2.24, 2.45) is 0 Å². The van der Waals surface area contributed by atoms with Crippen LogP contribution in [0.3, 0.4) is 0 Å². The molecule has 13 aromatic rings. The van der Waals surface area contributed by atoms with Crippen LogP contribution in [-0.4, -0.2) is 153 Å². The van der Waals surface area contributed by atoms with Gasteiger partial charge in [0.15, 0.2) is 23.3 Å². The predicted molar refractivity (Wildman–Crippen MR) is 503 cm³/mol. The highest BCUT2D eigenvalue weighted by Gasteiger charge is 2.41. The summed E-state index contributed by atoms with van der Waals surface area (Å²) in [6.45, 7) is 28.8. The molecule has 6 atom stereocenters. The zero-order valence-electron chi connectivity index (χ0n) is 76.6. The molecular formula is C95H106Cl4F6N20O9. The molecule has 2 aliphatic carbocycles. The molecule has 5 aromatic carbocycles. The van der Waals surface area contributed by atoms with Gasteiger partial charge in [0.05, 0.1) is 73.4 Å². The van der Waals surface area contributed by atoms with E-state index in [1.54, 1.807) is 127 Å². The van der Waals surface area contributed by atoms with Gasteiger partial charge in [-0.2, -0.15) is 0 Å². The summed E-state index contributed by atoms with van der Waals surface area (Å²) in [5.74, 6) is -6.22. The molecule has 0 spiro atoms. The van der Waals surface area contributed by atoms with E-state index in [0.717, 1.165) is 18.5 Å². The number of piperidine rings is 1. The van der Waals surface area contributed by atoms with Crippen LogP contribution in [0.2, 0.25) is 20.1 Å². The minimum Gasteiger partial charge on any atom is -0.490 e. The molecule has 29 nitrogen and oxygen atoms in total. The molecular weight excluding hydrogens is 1820 g/mol. The molecule has 134 heavy (non-hydrogen) atoms. The molecule has 710 valence electrons. The Labute approximate surface area is 789 Å². The minimum atomic E-state index is -2.85.